The predicted octanol–water partition coefficient (Wildman–Crippen LogP) is 8.72. The van der Waals surface area contributed by atoms with Crippen LogP contribution in [-0.2, 0) is 20.1 Å². The Morgan fingerprint density at radius 2 is 1.69 bits per heavy atom. The average Bonchev–Trinajstić information content (AvgIpc) is 3.56. The van der Waals surface area contributed by atoms with Gasteiger partial charge in [0.25, 0.3) is 11.4 Å². The van der Waals surface area contributed by atoms with Gasteiger partial charge in [-0.2, -0.15) is 0 Å². The molecule has 0 aliphatic carbocycles. The Hall–Kier alpha value is -4.21. The van der Waals surface area contributed by atoms with Crippen LogP contribution >= 0.6 is 0 Å². The normalized spacial score (nSPS) is 11.8. The van der Waals surface area contributed by atoms with Crippen LogP contribution in [0.15, 0.2) is 89.6 Å². The van der Waals surface area contributed by atoms with Crippen LogP contribution in [0.1, 0.15) is 36.5 Å². The zero-order chi connectivity index (χ0) is 28.3. The molecule has 0 amide bonds. The van der Waals surface area contributed by atoms with Crippen LogP contribution in [0.4, 0.5) is 17.1 Å². The first-order valence-electron chi connectivity index (χ1n) is 14.1. The van der Waals surface area contributed by atoms with Crippen molar-refractivity contribution < 1.29 is 29.1 Å². The number of hydrogen-bond donors (Lipinski definition) is 0. The molecule has 0 spiro atoms. The smallest absolute Gasteiger partial charge is 0.494 e. The summed E-state index contributed by atoms with van der Waals surface area (Å²) in [5.41, 5.74) is 10.5. The molecule has 0 saturated carbocycles. The van der Waals surface area contributed by atoms with Gasteiger partial charge in [-0.25, -0.2) is 4.98 Å². The van der Waals surface area contributed by atoms with Gasteiger partial charge >= 0.3 is 6.01 Å². The van der Waals surface area contributed by atoms with E-state index < -0.39 is 0 Å². The van der Waals surface area contributed by atoms with E-state index in [9.17, 15) is 0 Å². The first kappa shape index (κ1) is 29.3. The van der Waals surface area contributed by atoms with Crippen molar-refractivity contribution in [2.75, 3.05) is 6.54 Å². The van der Waals surface area contributed by atoms with Gasteiger partial charge in [-0.15, -0.1) is 47.5 Å². The molecule has 0 fully saturated rings. The third-order valence-corrected chi connectivity index (χ3v) is 7.39. The number of nitrogens with zero attached hydrogens (tertiary/aromatic N) is 4. The van der Waals surface area contributed by atoms with Crippen LogP contribution in [-0.4, -0.2) is 27.1 Å². The third kappa shape index (κ3) is 5.89. The van der Waals surface area contributed by atoms with E-state index in [1.165, 1.54) is 22.4 Å². The number of aromatic nitrogens is 2. The van der Waals surface area contributed by atoms with Gasteiger partial charge in [0, 0.05) is 62.0 Å². The second-order valence-corrected chi connectivity index (χ2v) is 10.4. The molecule has 0 bridgehead atoms. The summed E-state index contributed by atoms with van der Waals surface area (Å²) in [5.74, 6) is 0. The molecule has 0 atom stereocenters. The number of benzene rings is 3. The molecule has 42 heavy (non-hydrogen) atoms. The number of fused-ring (bicyclic) bond motifs is 4. The average molecular weight is 729 g/mol. The molecule has 3 aromatic heterocycles. The zero-order valence-electron chi connectivity index (χ0n) is 24.2. The summed E-state index contributed by atoms with van der Waals surface area (Å²) in [7, 11) is 0. The van der Waals surface area contributed by atoms with Crippen molar-refractivity contribution in [3.05, 3.63) is 114 Å². The van der Waals surface area contributed by atoms with Crippen LogP contribution < -0.4 is 4.58 Å². The fourth-order valence-corrected chi connectivity index (χ4v) is 4.89. The molecule has 211 valence electrons. The van der Waals surface area contributed by atoms with E-state index >= 15 is 0 Å². The molecule has 4 heterocycles. The molecule has 3 aromatic carbocycles. The second kappa shape index (κ2) is 12.8. The number of furan rings is 1. The van der Waals surface area contributed by atoms with E-state index in [4.69, 9.17) is 4.42 Å². The van der Waals surface area contributed by atoms with Gasteiger partial charge in [0.1, 0.15) is 5.69 Å². The topological polar surface area (TPSA) is 44.9 Å². The molecule has 6 heteroatoms. The van der Waals surface area contributed by atoms with E-state index in [0.29, 0.717) is 5.71 Å². The van der Waals surface area contributed by atoms with Gasteiger partial charge in [-0.3, -0.25) is 0 Å². The van der Waals surface area contributed by atoms with Gasteiger partial charge in [-0.1, -0.05) is 64.6 Å². The fourth-order valence-electron chi connectivity index (χ4n) is 4.89. The maximum atomic E-state index is 5.82. The predicted molar refractivity (Wildman–Crippen MR) is 166 cm³/mol. The third-order valence-electron chi connectivity index (χ3n) is 7.39. The second-order valence-electron chi connectivity index (χ2n) is 10.4. The molecule has 5 nitrogen and oxygen atoms in total. The largest absolute Gasteiger partial charge is 0.502 e. The van der Waals surface area contributed by atoms with E-state index in [-0.39, 0.29) is 20.1 Å². The van der Waals surface area contributed by atoms with Crippen LogP contribution in [0.25, 0.3) is 33.3 Å². The number of para-hydroxylation sites is 2. The number of unbranched alkanes of at least 4 members (excludes halogenated alkanes) is 1. The molecule has 0 unspecified atom stereocenters. The molecule has 0 saturated heterocycles. The number of pyridine rings is 2. The number of rotatable bonds is 5. The van der Waals surface area contributed by atoms with Gasteiger partial charge in [0.15, 0.2) is 6.54 Å². The first-order valence-corrected chi connectivity index (χ1v) is 14.1. The summed E-state index contributed by atoms with van der Waals surface area (Å²) in [5, 5.41) is 2.07. The van der Waals surface area contributed by atoms with E-state index in [1.54, 1.807) is 6.20 Å². The number of hydrogen-bond acceptors (Lipinski definition) is 3. The Balaban J connectivity index is 0.000000189. The SMILES string of the molecule is CCCC[N+]1=C=[N+](c2[c-]cc3oc4ncccc4c3c2)c2ccccc21.Cc1c[c-]c(-c2cc(C)c(C)cn2)cc1.[Ir]. The summed E-state index contributed by atoms with van der Waals surface area (Å²) in [6.45, 7) is 9.41. The van der Waals surface area contributed by atoms with Crippen molar-refractivity contribution in [3.8, 4) is 11.3 Å². The van der Waals surface area contributed by atoms with Crippen LogP contribution in [0, 0.1) is 32.9 Å². The summed E-state index contributed by atoms with van der Waals surface area (Å²) >= 11 is 0. The summed E-state index contributed by atoms with van der Waals surface area (Å²) < 4.78 is 10.1. The van der Waals surface area contributed by atoms with E-state index in [0.717, 1.165) is 58.4 Å². The monoisotopic (exact) mass is 729 g/mol. The number of aryl methyl sites for hydroxylation is 3. The molecule has 0 N–H and O–H groups in total. The van der Waals surface area contributed by atoms with Crippen molar-refractivity contribution in [1.29, 1.82) is 0 Å². The van der Waals surface area contributed by atoms with Crippen molar-refractivity contribution in [1.82, 2.24) is 14.5 Å². The van der Waals surface area contributed by atoms with Crippen LogP contribution in [0.3, 0.4) is 0 Å². The summed E-state index contributed by atoms with van der Waals surface area (Å²) in [6.07, 6.45) is 5.96. The van der Waals surface area contributed by atoms with Gasteiger partial charge in [0.2, 0.25) is 5.71 Å². The van der Waals surface area contributed by atoms with E-state index in [1.807, 2.05) is 30.5 Å². The maximum absolute atomic E-state index is 5.82. The minimum Gasteiger partial charge on any atom is -0.502 e. The van der Waals surface area contributed by atoms with Crippen molar-refractivity contribution in [2.24, 2.45) is 0 Å². The Kier molecular flexibility index (Phi) is 8.89. The zero-order valence-corrected chi connectivity index (χ0v) is 26.6. The summed E-state index contributed by atoms with van der Waals surface area (Å²) in [6, 6.07) is 34.7. The molecule has 1 radical (unpaired) electrons. The van der Waals surface area contributed by atoms with Crippen molar-refractivity contribution >= 4 is 45.1 Å². The quantitative estimate of drug-likeness (QED) is 0.132. The van der Waals surface area contributed by atoms with Gasteiger partial charge in [0.05, 0.1) is 0 Å². The minimum absolute atomic E-state index is 0. The molecule has 1 aliphatic rings. The Labute approximate surface area is 260 Å². The maximum Gasteiger partial charge on any atom is 0.494 e. The first-order chi connectivity index (χ1) is 20.0. The molecular weight excluding hydrogens is 697 g/mol. The van der Waals surface area contributed by atoms with Crippen LogP contribution in [0.2, 0.25) is 0 Å². The van der Waals surface area contributed by atoms with Gasteiger partial charge in [-0.05, 0) is 37.2 Å². The molecular formula is C36H32IrN4O. The Morgan fingerprint density at radius 1 is 0.857 bits per heavy atom. The van der Waals surface area contributed by atoms with Crippen LogP contribution in [0.5, 0.6) is 0 Å². The van der Waals surface area contributed by atoms with E-state index in [2.05, 4.69) is 113 Å². The molecule has 1 aliphatic heterocycles. The summed E-state index contributed by atoms with van der Waals surface area (Å²) in [4.78, 5) is 8.72. The Bertz CT molecular complexity index is 1950. The molecule has 6 aromatic rings. The fraction of sp³-hybridized carbons (Fsp3) is 0.194. The standard InChI is InChI=1S/C22H18N3O.C14H14N.Ir/c1-2-3-13-24-15-25(20-9-5-4-8-19(20)24)16-10-11-21-18(14-16)17-7-6-12-23-22(17)26-21;1-10-4-6-13(7-5-10)14-8-11(2)12(3)9-15-14;/h4-9,11-12,14H,2-3,13H2,1H3;4-6,8-9H,1-3H3;/q+1;-1;. The van der Waals surface area contributed by atoms with Crippen molar-refractivity contribution in [3.63, 3.8) is 0 Å². The molecule has 7 rings (SSSR count). The minimum atomic E-state index is 0. The Morgan fingerprint density at radius 3 is 2.45 bits per heavy atom. The van der Waals surface area contributed by atoms with Gasteiger partial charge < -0.3 is 9.40 Å². The van der Waals surface area contributed by atoms with Crippen molar-refractivity contribution in [2.45, 2.75) is 40.5 Å².